The van der Waals surface area contributed by atoms with E-state index in [2.05, 4.69) is 31.1 Å². The van der Waals surface area contributed by atoms with E-state index in [0.29, 0.717) is 12.0 Å². The summed E-state index contributed by atoms with van der Waals surface area (Å²) < 4.78 is 0. The van der Waals surface area contributed by atoms with Crippen molar-refractivity contribution in [3.63, 3.8) is 0 Å². The molecule has 2 atom stereocenters. The minimum Gasteiger partial charge on any atom is -0.329 e. The summed E-state index contributed by atoms with van der Waals surface area (Å²) in [4.78, 5) is 7.24. The molecule has 2 unspecified atom stereocenters. The lowest BCUT2D eigenvalue weighted by Gasteiger charge is -2.37. The Hall–Kier alpha value is 0.130. The largest absolute Gasteiger partial charge is 0.329 e. The molecule has 6 heteroatoms. The van der Waals surface area contributed by atoms with Crippen LogP contribution < -0.4 is 5.73 Å². The van der Waals surface area contributed by atoms with Crippen LogP contribution in [0.3, 0.4) is 0 Å². The van der Waals surface area contributed by atoms with Crippen molar-refractivity contribution in [2.75, 3.05) is 13.1 Å². The van der Waals surface area contributed by atoms with Gasteiger partial charge in [-0.15, -0.1) is 36.2 Å². The van der Waals surface area contributed by atoms with Crippen molar-refractivity contribution in [3.8, 4) is 0 Å². The van der Waals surface area contributed by atoms with Gasteiger partial charge in [0.15, 0.2) is 0 Å². The molecule has 0 aliphatic carbocycles. The van der Waals surface area contributed by atoms with Crippen LogP contribution in [0.25, 0.3) is 0 Å². The Bertz CT molecular complexity index is 384. The number of nitrogens with two attached hydrogens (primary N) is 1. The Morgan fingerprint density at radius 3 is 2.70 bits per heavy atom. The Balaban J connectivity index is 0.00000180. The topological polar surface area (TPSA) is 42.2 Å². The van der Waals surface area contributed by atoms with Crippen molar-refractivity contribution in [3.05, 3.63) is 16.1 Å². The molecule has 1 aliphatic rings. The number of aromatic nitrogens is 1. The molecule has 0 saturated carbocycles. The minimum absolute atomic E-state index is 0. The van der Waals surface area contributed by atoms with Gasteiger partial charge in [-0.25, -0.2) is 4.98 Å². The number of thiazole rings is 1. The molecule has 1 aliphatic heterocycles. The zero-order chi connectivity index (χ0) is 13.1. The third-order valence-corrected chi connectivity index (χ3v) is 4.99. The third kappa shape index (κ3) is 5.15. The lowest BCUT2D eigenvalue weighted by Crippen LogP contribution is -2.45. The van der Waals surface area contributed by atoms with Crippen LogP contribution in [0, 0.1) is 5.92 Å². The van der Waals surface area contributed by atoms with Crippen molar-refractivity contribution < 1.29 is 0 Å². The van der Waals surface area contributed by atoms with Crippen LogP contribution in [0.4, 0.5) is 0 Å². The smallest absolute Gasteiger partial charge is 0.0954 e. The Labute approximate surface area is 139 Å². The first kappa shape index (κ1) is 20.1. The highest BCUT2D eigenvalue weighted by Crippen LogP contribution is 2.25. The fraction of sp³-hybridized carbons (Fsp3) is 0.786. The number of halogens is 2. The summed E-state index contributed by atoms with van der Waals surface area (Å²) >= 11 is 1.79. The fourth-order valence-electron chi connectivity index (χ4n) is 2.62. The maximum Gasteiger partial charge on any atom is 0.0954 e. The molecule has 3 nitrogen and oxygen atoms in total. The van der Waals surface area contributed by atoms with E-state index in [9.17, 15) is 0 Å². The van der Waals surface area contributed by atoms with E-state index in [4.69, 9.17) is 10.7 Å². The first-order chi connectivity index (χ1) is 8.60. The number of hydrogen-bond acceptors (Lipinski definition) is 4. The first-order valence-electron chi connectivity index (χ1n) is 6.98. The van der Waals surface area contributed by atoms with Gasteiger partial charge in [-0.1, -0.05) is 20.8 Å². The molecule has 1 fully saturated rings. The summed E-state index contributed by atoms with van der Waals surface area (Å²) in [5.74, 6) is 1.35. The molecule has 2 heterocycles. The van der Waals surface area contributed by atoms with Crippen molar-refractivity contribution in [1.82, 2.24) is 9.88 Å². The van der Waals surface area contributed by atoms with E-state index in [-0.39, 0.29) is 24.8 Å². The second-order valence-electron chi connectivity index (χ2n) is 5.82. The van der Waals surface area contributed by atoms with Crippen LogP contribution in [0.15, 0.2) is 5.38 Å². The van der Waals surface area contributed by atoms with Gasteiger partial charge < -0.3 is 5.73 Å². The normalized spacial score (nSPS) is 23.2. The van der Waals surface area contributed by atoms with E-state index >= 15 is 0 Å². The van der Waals surface area contributed by atoms with Crippen molar-refractivity contribution >= 4 is 36.2 Å². The second-order valence-corrected chi connectivity index (χ2v) is 6.71. The van der Waals surface area contributed by atoms with Crippen LogP contribution >= 0.6 is 36.2 Å². The molecule has 1 aromatic rings. The highest BCUT2D eigenvalue weighted by atomic mass is 35.5. The van der Waals surface area contributed by atoms with Crippen LogP contribution in [-0.4, -0.2) is 29.0 Å². The number of likely N-dealkylation sites (tertiary alicyclic amines) is 1. The summed E-state index contributed by atoms with van der Waals surface area (Å²) in [5.41, 5.74) is 7.12. The number of rotatable bonds is 4. The van der Waals surface area contributed by atoms with E-state index in [1.165, 1.54) is 23.5 Å². The summed E-state index contributed by atoms with van der Waals surface area (Å²) in [6.45, 7) is 9.64. The zero-order valence-corrected chi connectivity index (χ0v) is 15.0. The van der Waals surface area contributed by atoms with Crippen LogP contribution in [0.1, 0.15) is 50.2 Å². The molecule has 1 saturated heterocycles. The minimum atomic E-state index is 0. The van der Waals surface area contributed by atoms with Gasteiger partial charge in [-0.05, 0) is 25.3 Å². The standard InChI is InChI=1S/C14H25N3S.2ClH/c1-10(2)14-16-12(9-18-14)8-17-5-4-11(3)6-13(17)7-15;;/h9-11,13H,4-8,15H2,1-3H3;2*1H. The maximum atomic E-state index is 5.90. The number of nitrogens with zero attached hydrogens (tertiary/aromatic N) is 2. The summed E-state index contributed by atoms with van der Waals surface area (Å²) in [7, 11) is 0. The molecule has 0 aromatic carbocycles. The molecular weight excluding hydrogens is 313 g/mol. The van der Waals surface area contributed by atoms with E-state index in [1.54, 1.807) is 11.3 Å². The molecule has 0 spiro atoms. The first-order valence-corrected chi connectivity index (χ1v) is 7.86. The Morgan fingerprint density at radius 2 is 2.15 bits per heavy atom. The van der Waals surface area contributed by atoms with Gasteiger partial charge in [-0.2, -0.15) is 0 Å². The monoisotopic (exact) mass is 339 g/mol. The van der Waals surface area contributed by atoms with E-state index in [1.807, 2.05) is 0 Å². The van der Waals surface area contributed by atoms with Gasteiger partial charge in [-0.3, -0.25) is 4.90 Å². The molecule has 118 valence electrons. The molecule has 20 heavy (non-hydrogen) atoms. The van der Waals surface area contributed by atoms with Gasteiger partial charge in [0.05, 0.1) is 10.7 Å². The molecule has 2 rings (SSSR count). The number of hydrogen-bond donors (Lipinski definition) is 1. The highest BCUT2D eigenvalue weighted by molar-refractivity contribution is 7.09. The Kier molecular flexibility index (Phi) is 9.27. The quantitative estimate of drug-likeness (QED) is 0.909. The highest BCUT2D eigenvalue weighted by Gasteiger charge is 2.25. The molecule has 0 bridgehead atoms. The predicted molar refractivity (Wildman–Crippen MR) is 92.3 cm³/mol. The lowest BCUT2D eigenvalue weighted by molar-refractivity contribution is 0.114. The third-order valence-electron chi connectivity index (χ3n) is 3.80. The Morgan fingerprint density at radius 1 is 1.45 bits per heavy atom. The zero-order valence-electron chi connectivity index (χ0n) is 12.5. The van der Waals surface area contributed by atoms with Gasteiger partial charge in [0.1, 0.15) is 0 Å². The van der Waals surface area contributed by atoms with Gasteiger partial charge in [0.25, 0.3) is 0 Å². The van der Waals surface area contributed by atoms with Gasteiger partial charge in [0.2, 0.25) is 0 Å². The summed E-state index contributed by atoms with van der Waals surface area (Å²) in [6, 6.07) is 0.540. The van der Waals surface area contributed by atoms with Crippen molar-refractivity contribution in [2.24, 2.45) is 11.7 Å². The van der Waals surface area contributed by atoms with E-state index in [0.717, 1.165) is 25.6 Å². The molecular formula is C14H27Cl2N3S. The van der Waals surface area contributed by atoms with Gasteiger partial charge in [0, 0.05) is 30.4 Å². The second kappa shape index (κ2) is 9.21. The predicted octanol–water partition coefficient (Wildman–Crippen LogP) is 3.67. The average Bonchev–Trinajstić information content (AvgIpc) is 2.80. The molecule has 1 aromatic heterocycles. The van der Waals surface area contributed by atoms with Crippen LogP contribution in [-0.2, 0) is 6.54 Å². The van der Waals surface area contributed by atoms with Gasteiger partial charge >= 0.3 is 0 Å². The fourth-order valence-corrected chi connectivity index (χ4v) is 3.45. The summed E-state index contributed by atoms with van der Waals surface area (Å²) in [6.07, 6.45) is 2.52. The average molecular weight is 340 g/mol. The number of piperidine rings is 1. The summed E-state index contributed by atoms with van der Waals surface area (Å²) in [5, 5.41) is 3.46. The molecule has 2 N–H and O–H groups in total. The van der Waals surface area contributed by atoms with Crippen molar-refractivity contribution in [1.29, 1.82) is 0 Å². The molecule has 0 amide bonds. The van der Waals surface area contributed by atoms with Crippen molar-refractivity contribution in [2.45, 2.75) is 52.1 Å². The lowest BCUT2D eigenvalue weighted by atomic mass is 9.92. The van der Waals surface area contributed by atoms with Crippen LogP contribution in [0.2, 0.25) is 0 Å². The molecule has 0 radical (unpaired) electrons. The van der Waals surface area contributed by atoms with E-state index < -0.39 is 0 Å². The maximum absolute atomic E-state index is 5.90. The van der Waals surface area contributed by atoms with Crippen LogP contribution in [0.5, 0.6) is 0 Å². The SMILES string of the molecule is CC1CCN(Cc2csc(C(C)C)n2)C(CN)C1.Cl.Cl.